The van der Waals surface area contributed by atoms with E-state index >= 15 is 0 Å². The number of hydrogen-bond donors (Lipinski definition) is 1. The lowest BCUT2D eigenvalue weighted by atomic mass is 9.85. The van der Waals surface area contributed by atoms with E-state index in [1.54, 1.807) is 6.26 Å². The Morgan fingerprint density at radius 2 is 2.06 bits per heavy atom. The van der Waals surface area contributed by atoms with E-state index in [4.69, 9.17) is 9.15 Å². The van der Waals surface area contributed by atoms with Crippen LogP contribution in [0.25, 0.3) is 0 Å². The van der Waals surface area contributed by atoms with Crippen LogP contribution in [0.1, 0.15) is 45.8 Å². The summed E-state index contributed by atoms with van der Waals surface area (Å²) in [5, 5.41) is 3.62. The summed E-state index contributed by atoms with van der Waals surface area (Å²) < 4.78 is 11.3. The summed E-state index contributed by atoms with van der Waals surface area (Å²) in [6.45, 7) is 7.57. The van der Waals surface area contributed by atoms with Gasteiger partial charge in [-0.1, -0.05) is 20.8 Å². The molecule has 1 aromatic heterocycles. The molecule has 1 unspecified atom stereocenters. The van der Waals surface area contributed by atoms with Gasteiger partial charge in [0, 0.05) is 19.6 Å². The molecule has 0 spiro atoms. The summed E-state index contributed by atoms with van der Waals surface area (Å²) in [7, 11) is 1.82. The highest BCUT2D eigenvalue weighted by Crippen LogP contribution is 2.26. The van der Waals surface area contributed by atoms with Gasteiger partial charge in [-0.05, 0) is 37.9 Å². The summed E-state index contributed by atoms with van der Waals surface area (Å²) in [5.74, 6) is 1.02. The monoisotopic (exact) mass is 253 g/mol. The fourth-order valence-electron chi connectivity index (χ4n) is 2.57. The van der Waals surface area contributed by atoms with Gasteiger partial charge in [0.05, 0.1) is 11.9 Å². The maximum Gasteiger partial charge on any atom is 0.105 e. The van der Waals surface area contributed by atoms with Crippen molar-refractivity contribution >= 4 is 0 Å². The van der Waals surface area contributed by atoms with E-state index in [1.165, 1.54) is 0 Å². The summed E-state index contributed by atoms with van der Waals surface area (Å²) in [6.07, 6.45) is 5.74. The molecular formula is C15H27NO2. The molecule has 0 saturated heterocycles. The molecule has 0 aliphatic carbocycles. The van der Waals surface area contributed by atoms with Crippen LogP contribution in [0.3, 0.4) is 0 Å². The number of furan rings is 1. The lowest BCUT2D eigenvalue weighted by molar-refractivity contribution is -0.0482. The summed E-state index contributed by atoms with van der Waals surface area (Å²) in [4.78, 5) is 0. The molecular weight excluding hydrogens is 226 g/mol. The minimum atomic E-state index is -0.109. The first kappa shape index (κ1) is 15.3. The van der Waals surface area contributed by atoms with Crippen molar-refractivity contribution in [3.63, 3.8) is 0 Å². The van der Waals surface area contributed by atoms with Gasteiger partial charge in [0.15, 0.2) is 0 Å². The van der Waals surface area contributed by atoms with Crippen molar-refractivity contribution in [3.05, 3.63) is 24.2 Å². The number of rotatable bonds is 9. The maximum atomic E-state index is 5.84. The molecule has 0 saturated carbocycles. The molecule has 104 valence electrons. The third kappa shape index (κ3) is 3.59. The molecule has 1 heterocycles. The Morgan fingerprint density at radius 1 is 1.33 bits per heavy atom. The zero-order valence-electron chi connectivity index (χ0n) is 12.2. The van der Waals surface area contributed by atoms with E-state index in [-0.39, 0.29) is 5.60 Å². The van der Waals surface area contributed by atoms with Gasteiger partial charge in [-0.3, -0.25) is 0 Å². The van der Waals surface area contributed by atoms with E-state index in [0.717, 1.165) is 38.0 Å². The second-order valence-electron chi connectivity index (χ2n) is 4.77. The minimum Gasteiger partial charge on any atom is -0.469 e. The van der Waals surface area contributed by atoms with Crippen LogP contribution in [0.5, 0.6) is 0 Å². The first-order chi connectivity index (χ1) is 8.72. The van der Waals surface area contributed by atoms with E-state index in [9.17, 15) is 0 Å². The molecule has 0 fully saturated rings. The van der Waals surface area contributed by atoms with Crippen LogP contribution in [-0.2, 0) is 11.2 Å². The third-order valence-electron chi connectivity index (χ3n) is 3.86. The minimum absolute atomic E-state index is 0.109. The molecule has 1 rings (SSSR count). The van der Waals surface area contributed by atoms with Crippen molar-refractivity contribution in [1.82, 2.24) is 5.32 Å². The molecule has 3 heteroatoms. The molecule has 1 N–H and O–H groups in total. The third-order valence-corrected chi connectivity index (χ3v) is 3.86. The van der Waals surface area contributed by atoms with Gasteiger partial charge in [-0.25, -0.2) is 0 Å². The van der Waals surface area contributed by atoms with Crippen molar-refractivity contribution in [3.8, 4) is 0 Å². The van der Waals surface area contributed by atoms with Gasteiger partial charge >= 0.3 is 0 Å². The van der Waals surface area contributed by atoms with Crippen LogP contribution in [0.4, 0.5) is 0 Å². The van der Waals surface area contributed by atoms with E-state index in [1.807, 2.05) is 19.2 Å². The number of methoxy groups -OCH3 is 1. The standard InChI is InChI=1S/C15H27NO2/c1-5-10-16-14(12-13-9-8-11-18-13)15(6-2,7-3)17-4/h8-9,11,14,16H,5-7,10,12H2,1-4H3. The Bertz CT molecular complexity index is 296. The Labute approximate surface area is 111 Å². The molecule has 0 bridgehead atoms. The second kappa shape index (κ2) is 7.59. The molecule has 0 amide bonds. The molecule has 18 heavy (non-hydrogen) atoms. The molecule has 0 aromatic carbocycles. The second-order valence-corrected chi connectivity index (χ2v) is 4.77. The molecule has 0 aliphatic rings. The first-order valence-electron chi connectivity index (χ1n) is 7.03. The molecule has 0 aliphatic heterocycles. The fraction of sp³-hybridized carbons (Fsp3) is 0.733. The molecule has 3 nitrogen and oxygen atoms in total. The largest absolute Gasteiger partial charge is 0.469 e. The van der Waals surface area contributed by atoms with Crippen LogP contribution < -0.4 is 5.32 Å². The number of nitrogens with one attached hydrogen (secondary N) is 1. The van der Waals surface area contributed by atoms with Crippen molar-refractivity contribution in [2.45, 2.75) is 58.1 Å². The Hall–Kier alpha value is -0.800. The van der Waals surface area contributed by atoms with Crippen molar-refractivity contribution < 1.29 is 9.15 Å². The first-order valence-corrected chi connectivity index (χ1v) is 7.03. The predicted molar refractivity (Wildman–Crippen MR) is 74.8 cm³/mol. The zero-order valence-corrected chi connectivity index (χ0v) is 12.2. The lowest BCUT2D eigenvalue weighted by Crippen LogP contribution is -2.52. The van der Waals surface area contributed by atoms with Crippen LogP contribution in [0.15, 0.2) is 22.8 Å². The molecule has 1 aromatic rings. The van der Waals surface area contributed by atoms with Gasteiger partial charge in [0.25, 0.3) is 0 Å². The zero-order chi connectivity index (χ0) is 13.4. The van der Waals surface area contributed by atoms with Gasteiger partial charge in [0.1, 0.15) is 5.76 Å². The summed E-state index contributed by atoms with van der Waals surface area (Å²) >= 11 is 0. The highest BCUT2D eigenvalue weighted by Gasteiger charge is 2.35. The van der Waals surface area contributed by atoms with Gasteiger partial charge in [0.2, 0.25) is 0 Å². The average Bonchev–Trinajstić information content (AvgIpc) is 2.91. The average molecular weight is 253 g/mol. The van der Waals surface area contributed by atoms with Crippen LogP contribution in [-0.4, -0.2) is 25.3 Å². The number of ether oxygens (including phenoxy) is 1. The van der Waals surface area contributed by atoms with Gasteiger partial charge in [-0.15, -0.1) is 0 Å². The summed E-state index contributed by atoms with van der Waals surface area (Å²) in [6, 6.07) is 4.27. The molecule has 0 radical (unpaired) electrons. The topological polar surface area (TPSA) is 34.4 Å². The van der Waals surface area contributed by atoms with E-state index in [2.05, 4.69) is 26.1 Å². The fourth-order valence-corrected chi connectivity index (χ4v) is 2.57. The van der Waals surface area contributed by atoms with Gasteiger partial charge in [-0.2, -0.15) is 0 Å². The van der Waals surface area contributed by atoms with Crippen molar-refractivity contribution in [1.29, 1.82) is 0 Å². The Kier molecular flexibility index (Phi) is 6.44. The molecule has 1 atom stereocenters. The number of hydrogen-bond acceptors (Lipinski definition) is 3. The maximum absolute atomic E-state index is 5.84. The normalized spacial score (nSPS) is 13.8. The van der Waals surface area contributed by atoms with Crippen LogP contribution in [0, 0.1) is 0 Å². The highest BCUT2D eigenvalue weighted by atomic mass is 16.5. The Morgan fingerprint density at radius 3 is 2.50 bits per heavy atom. The Balaban J connectivity index is 2.81. The van der Waals surface area contributed by atoms with E-state index in [0.29, 0.717) is 6.04 Å². The highest BCUT2D eigenvalue weighted by molar-refractivity contribution is 5.04. The quantitative estimate of drug-likeness (QED) is 0.732. The van der Waals surface area contributed by atoms with Crippen molar-refractivity contribution in [2.24, 2.45) is 0 Å². The van der Waals surface area contributed by atoms with Crippen LogP contribution >= 0.6 is 0 Å². The van der Waals surface area contributed by atoms with Gasteiger partial charge < -0.3 is 14.5 Å². The van der Waals surface area contributed by atoms with E-state index < -0.39 is 0 Å². The van der Waals surface area contributed by atoms with Crippen LogP contribution in [0.2, 0.25) is 0 Å². The predicted octanol–water partition coefficient (Wildman–Crippen LogP) is 3.40. The summed E-state index contributed by atoms with van der Waals surface area (Å²) in [5.41, 5.74) is -0.109. The SMILES string of the molecule is CCCNC(Cc1ccco1)C(CC)(CC)OC. The lowest BCUT2D eigenvalue weighted by Gasteiger charge is -2.38. The van der Waals surface area contributed by atoms with Crippen molar-refractivity contribution in [2.75, 3.05) is 13.7 Å². The smallest absolute Gasteiger partial charge is 0.105 e.